The first-order valence-corrected chi connectivity index (χ1v) is 6.97. The van der Waals surface area contributed by atoms with Crippen molar-refractivity contribution in [3.63, 3.8) is 0 Å². The van der Waals surface area contributed by atoms with Crippen LogP contribution in [0.2, 0.25) is 0 Å². The van der Waals surface area contributed by atoms with Crippen molar-refractivity contribution in [2.24, 2.45) is 12.8 Å². The van der Waals surface area contributed by atoms with E-state index < -0.39 is 17.8 Å². The monoisotopic (exact) mass is 412 g/mol. The van der Waals surface area contributed by atoms with Gasteiger partial charge in [0, 0.05) is 11.5 Å². The van der Waals surface area contributed by atoms with Crippen molar-refractivity contribution >= 4 is 31.9 Å². The molecule has 0 spiro atoms. The molecule has 1 aromatic heterocycles. The third kappa shape index (κ3) is 2.89. The van der Waals surface area contributed by atoms with Crippen molar-refractivity contribution in [1.29, 1.82) is 0 Å². The first-order chi connectivity index (χ1) is 9.21. The van der Waals surface area contributed by atoms with Crippen molar-refractivity contribution < 1.29 is 13.2 Å². The van der Waals surface area contributed by atoms with Gasteiger partial charge in [-0.15, -0.1) is 5.10 Å². The SMILES string of the molecule is Cn1nnc(Br)c1C(N)c1cc(C(F)(F)F)ccc1Br. The Morgan fingerprint density at radius 1 is 1.30 bits per heavy atom. The van der Waals surface area contributed by atoms with Gasteiger partial charge in [0.25, 0.3) is 0 Å². The number of halogens is 5. The summed E-state index contributed by atoms with van der Waals surface area (Å²) >= 11 is 6.41. The summed E-state index contributed by atoms with van der Waals surface area (Å²) in [6.45, 7) is 0. The Bertz CT molecular complexity index is 620. The maximum Gasteiger partial charge on any atom is 0.416 e. The van der Waals surface area contributed by atoms with E-state index in [1.54, 1.807) is 7.05 Å². The molecule has 0 fully saturated rings. The van der Waals surface area contributed by atoms with Crippen molar-refractivity contribution in [1.82, 2.24) is 15.0 Å². The Morgan fingerprint density at radius 2 is 1.95 bits per heavy atom. The zero-order valence-electron chi connectivity index (χ0n) is 10.1. The lowest BCUT2D eigenvalue weighted by Crippen LogP contribution is -2.18. The quantitative estimate of drug-likeness (QED) is 0.820. The molecule has 1 unspecified atom stereocenters. The van der Waals surface area contributed by atoms with Crippen LogP contribution in [-0.2, 0) is 13.2 Å². The number of alkyl halides is 3. The van der Waals surface area contributed by atoms with Crippen molar-refractivity contribution in [2.45, 2.75) is 12.2 Å². The largest absolute Gasteiger partial charge is 0.416 e. The molecule has 0 aliphatic carbocycles. The fraction of sp³-hybridized carbons (Fsp3) is 0.273. The number of hydrogen-bond donors (Lipinski definition) is 1. The highest BCUT2D eigenvalue weighted by molar-refractivity contribution is 9.10. The van der Waals surface area contributed by atoms with Crippen molar-refractivity contribution in [2.75, 3.05) is 0 Å². The van der Waals surface area contributed by atoms with Crippen LogP contribution in [0, 0.1) is 0 Å². The summed E-state index contributed by atoms with van der Waals surface area (Å²) in [5.74, 6) is 0. The molecule has 108 valence electrons. The second kappa shape index (κ2) is 5.45. The molecular weight excluding hydrogens is 405 g/mol. The number of benzene rings is 1. The van der Waals surface area contributed by atoms with E-state index in [0.29, 0.717) is 20.3 Å². The van der Waals surface area contributed by atoms with E-state index in [9.17, 15) is 13.2 Å². The van der Waals surface area contributed by atoms with Gasteiger partial charge in [-0.25, -0.2) is 4.68 Å². The van der Waals surface area contributed by atoms with Gasteiger partial charge in [-0.1, -0.05) is 21.1 Å². The average molecular weight is 414 g/mol. The van der Waals surface area contributed by atoms with Crippen LogP contribution >= 0.6 is 31.9 Å². The maximum atomic E-state index is 12.8. The Hall–Kier alpha value is -0.930. The van der Waals surface area contributed by atoms with Gasteiger partial charge in [0.1, 0.15) is 0 Å². The van der Waals surface area contributed by atoms with Gasteiger partial charge >= 0.3 is 6.18 Å². The van der Waals surface area contributed by atoms with Crippen LogP contribution in [0.4, 0.5) is 13.2 Å². The summed E-state index contributed by atoms with van der Waals surface area (Å²) in [4.78, 5) is 0. The molecule has 1 heterocycles. The first-order valence-electron chi connectivity index (χ1n) is 5.39. The molecule has 4 nitrogen and oxygen atoms in total. The zero-order valence-corrected chi connectivity index (χ0v) is 13.3. The van der Waals surface area contributed by atoms with Crippen LogP contribution < -0.4 is 5.73 Å². The van der Waals surface area contributed by atoms with Crippen LogP contribution in [0.15, 0.2) is 27.3 Å². The van der Waals surface area contributed by atoms with E-state index in [1.165, 1.54) is 10.7 Å². The van der Waals surface area contributed by atoms with Crippen LogP contribution in [0.25, 0.3) is 0 Å². The molecule has 0 saturated carbocycles. The van der Waals surface area contributed by atoms with Crippen LogP contribution in [0.1, 0.15) is 22.9 Å². The molecule has 0 amide bonds. The predicted molar refractivity (Wildman–Crippen MR) is 73.9 cm³/mol. The summed E-state index contributed by atoms with van der Waals surface area (Å²) in [6.07, 6.45) is -4.42. The highest BCUT2D eigenvalue weighted by Crippen LogP contribution is 2.35. The molecule has 2 rings (SSSR count). The Balaban J connectivity index is 2.52. The molecule has 1 aromatic carbocycles. The molecule has 0 saturated heterocycles. The molecule has 0 aliphatic heterocycles. The fourth-order valence-corrected chi connectivity index (χ4v) is 2.84. The number of aromatic nitrogens is 3. The van der Waals surface area contributed by atoms with Crippen molar-refractivity contribution in [3.05, 3.63) is 44.1 Å². The molecule has 2 N–H and O–H groups in total. The van der Waals surface area contributed by atoms with Crippen LogP contribution in [0.5, 0.6) is 0 Å². The summed E-state index contributed by atoms with van der Waals surface area (Å²) in [7, 11) is 1.62. The number of hydrogen-bond acceptors (Lipinski definition) is 3. The topological polar surface area (TPSA) is 56.7 Å². The summed E-state index contributed by atoms with van der Waals surface area (Å²) in [5, 5.41) is 7.54. The lowest BCUT2D eigenvalue weighted by molar-refractivity contribution is -0.137. The molecule has 2 aromatic rings. The lowest BCUT2D eigenvalue weighted by atomic mass is 10.0. The number of aryl methyl sites for hydroxylation is 1. The highest BCUT2D eigenvalue weighted by Gasteiger charge is 2.32. The molecule has 0 radical (unpaired) electrons. The highest BCUT2D eigenvalue weighted by atomic mass is 79.9. The molecule has 0 bridgehead atoms. The van der Waals surface area contributed by atoms with Crippen LogP contribution in [0.3, 0.4) is 0 Å². The standard InChI is InChI=1S/C11H9Br2F3N4/c1-20-9(10(13)18-19-20)8(17)6-4-5(11(14,15)16)2-3-7(6)12/h2-4,8H,17H2,1H3. The van der Waals surface area contributed by atoms with E-state index in [2.05, 4.69) is 42.2 Å². The van der Waals surface area contributed by atoms with Gasteiger partial charge in [0.15, 0.2) is 4.60 Å². The third-order valence-electron chi connectivity index (χ3n) is 2.78. The summed E-state index contributed by atoms with van der Waals surface area (Å²) in [5.41, 5.74) is 6.10. The Morgan fingerprint density at radius 3 is 2.45 bits per heavy atom. The minimum absolute atomic E-state index is 0.311. The Kier molecular flexibility index (Phi) is 4.22. The minimum Gasteiger partial charge on any atom is -0.319 e. The van der Waals surface area contributed by atoms with Gasteiger partial charge in [-0.3, -0.25) is 0 Å². The molecule has 9 heteroatoms. The van der Waals surface area contributed by atoms with E-state index in [0.717, 1.165) is 12.1 Å². The minimum atomic E-state index is -4.42. The molecule has 0 aliphatic rings. The third-order valence-corrected chi connectivity index (χ3v) is 4.07. The number of nitrogens with two attached hydrogens (primary N) is 1. The molecule has 20 heavy (non-hydrogen) atoms. The summed E-state index contributed by atoms with van der Waals surface area (Å²) < 4.78 is 40.6. The molecule has 1 atom stereocenters. The summed E-state index contributed by atoms with van der Waals surface area (Å²) in [6, 6.07) is 2.56. The zero-order chi connectivity index (χ0) is 15.1. The average Bonchev–Trinajstić information content (AvgIpc) is 2.67. The second-order valence-electron chi connectivity index (χ2n) is 4.10. The first kappa shape index (κ1) is 15.5. The maximum absolute atomic E-state index is 12.8. The number of rotatable bonds is 2. The van der Waals surface area contributed by atoms with Crippen molar-refractivity contribution in [3.8, 4) is 0 Å². The van der Waals surface area contributed by atoms with E-state index in [-0.39, 0.29) is 0 Å². The van der Waals surface area contributed by atoms with Gasteiger partial charge < -0.3 is 5.73 Å². The second-order valence-corrected chi connectivity index (χ2v) is 5.71. The van der Waals surface area contributed by atoms with Gasteiger partial charge in [-0.2, -0.15) is 13.2 Å². The number of nitrogens with zero attached hydrogens (tertiary/aromatic N) is 3. The van der Waals surface area contributed by atoms with Gasteiger partial charge in [0.05, 0.1) is 17.3 Å². The van der Waals surface area contributed by atoms with E-state index in [1.807, 2.05) is 0 Å². The van der Waals surface area contributed by atoms with Gasteiger partial charge in [0.2, 0.25) is 0 Å². The lowest BCUT2D eigenvalue weighted by Gasteiger charge is -2.16. The fourth-order valence-electron chi connectivity index (χ4n) is 1.77. The van der Waals surface area contributed by atoms with E-state index in [4.69, 9.17) is 5.73 Å². The predicted octanol–water partition coefficient (Wildman–Crippen LogP) is 3.41. The van der Waals surface area contributed by atoms with Crippen LogP contribution in [-0.4, -0.2) is 15.0 Å². The molecular formula is C11H9Br2F3N4. The van der Waals surface area contributed by atoms with Gasteiger partial charge in [-0.05, 0) is 39.7 Å². The van der Waals surface area contributed by atoms with E-state index >= 15 is 0 Å². The smallest absolute Gasteiger partial charge is 0.319 e. The Labute approximate surface area is 129 Å². The normalized spacial score (nSPS) is 13.6.